The predicted molar refractivity (Wildman–Crippen MR) is 92.1 cm³/mol. The summed E-state index contributed by atoms with van der Waals surface area (Å²) in [6.07, 6.45) is 3.65. The molecule has 2 aromatic rings. The van der Waals surface area contributed by atoms with E-state index in [0.717, 1.165) is 16.7 Å². The first-order valence-corrected chi connectivity index (χ1v) is 7.14. The van der Waals surface area contributed by atoms with E-state index in [2.05, 4.69) is 0 Å². The molecule has 0 amide bonds. The van der Waals surface area contributed by atoms with Gasteiger partial charge in [-0.2, -0.15) is 0 Å². The van der Waals surface area contributed by atoms with Gasteiger partial charge in [0, 0.05) is 0 Å². The van der Waals surface area contributed by atoms with Gasteiger partial charge >= 0.3 is 0 Å². The van der Waals surface area contributed by atoms with Gasteiger partial charge in [0.15, 0.2) is 11.5 Å². The Kier molecular flexibility index (Phi) is 6.87. The number of phenolic OH excluding ortho intramolecular Hbond substituents is 2. The monoisotopic (exact) mass is 314 g/mol. The number of benzene rings is 2. The van der Waals surface area contributed by atoms with Crippen LogP contribution in [0.2, 0.25) is 0 Å². The van der Waals surface area contributed by atoms with E-state index in [1.165, 1.54) is 24.8 Å². The first kappa shape index (κ1) is 18.3. The van der Waals surface area contributed by atoms with Crippen LogP contribution in [0.25, 0.3) is 6.08 Å². The van der Waals surface area contributed by atoms with Crippen LogP contribution in [0.1, 0.15) is 22.3 Å². The van der Waals surface area contributed by atoms with Gasteiger partial charge in [0.1, 0.15) is 12.0 Å². The highest BCUT2D eigenvalue weighted by molar-refractivity contribution is 5.74. The summed E-state index contributed by atoms with van der Waals surface area (Å²) in [6.45, 7) is 5.94. The van der Waals surface area contributed by atoms with Crippen molar-refractivity contribution < 1.29 is 19.7 Å². The molecule has 0 bridgehead atoms. The van der Waals surface area contributed by atoms with Gasteiger partial charge in [-0.25, -0.2) is 0 Å². The number of aromatic hydroxyl groups is 2. The lowest BCUT2D eigenvalue weighted by atomic mass is 10.1. The quantitative estimate of drug-likeness (QED) is 0.665. The maximum atomic E-state index is 10.0. The van der Waals surface area contributed by atoms with E-state index in [1.54, 1.807) is 24.3 Å². The van der Waals surface area contributed by atoms with Gasteiger partial charge in [-0.15, -0.1) is 0 Å². The second-order valence-electron chi connectivity index (χ2n) is 5.15. The van der Waals surface area contributed by atoms with E-state index >= 15 is 0 Å². The number of methoxy groups -OCH3 is 1. The third-order valence-corrected chi connectivity index (χ3v) is 3.38. The topological polar surface area (TPSA) is 66.8 Å². The van der Waals surface area contributed by atoms with Gasteiger partial charge in [0.25, 0.3) is 0 Å². The molecule has 0 unspecified atom stereocenters. The molecule has 0 aliphatic carbocycles. The summed E-state index contributed by atoms with van der Waals surface area (Å²) in [5.41, 5.74) is 4.08. The molecular formula is C19H22O4. The minimum absolute atomic E-state index is 0.0653. The fraction of sp³-hybridized carbons (Fsp3) is 0.211. The van der Waals surface area contributed by atoms with Crippen molar-refractivity contribution >= 4 is 12.4 Å². The van der Waals surface area contributed by atoms with Crippen LogP contribution < -0.4 is 4.74 Å². The highest BCUT2D eigenvalue weighted by Crippen LogP contribution is 2.26. The number of hydrogen-bond acceptors (Lipinski definition) is 4. The second-order valence-corrected chi connectivity index (χ2v) is 5.15. The summed E-state index contributed by atoms with van der Waals surface area (Å²) < 4.78 is 4.86. The van der Waals surface area contributed by atoms with Crippen molar-refractivity contribution in [3.8, 4) is 17.2 Å². The first-order chi connectivity index (χ1) is 10.9. The van der Waals surface area contributed by atoms with Crippen molar-refractivity contribution in [1.29, 1.82) is 0 Å². The normalized spacial score (nSPS) is 10.1. The van der Waals surface area contributed by atoms with Crippen LogP contribution in [-0.2, 0) is 4.79 Å². The van der Waals surface area contributed by atoms with Crippen LogP contribution in [0.5, 0.6) is 17.2 Å². The van der Waals surface area contributed by atoms with E-state index in [1.807, 2.05) is 26.8 Å². The Morgan fingerprint density at radius 2 is 1.57 bits per heavy atom. The van der Waals surface area contributed by atoms with Crippen molar-refractivity contribution in [2.75, 3.05) is 7.11 Å². The molecule has 0 saturated carbocycles. The standard InChI is InChI=1S/C10H10O3.C9H12O/c1-13-10-5-4-8(3-2-6-11)7-9(10)12;1-6-4-8(3)9(10)5-7(6)2/h2-7,12H,1H3;4-5,10H,1-3H3/b3-2+;. The van der Waals surface area contributed by atoms with Crippen LogP contribution in [0.15, 0.2) is 36.4 Å². The molecule has 122 valence electrons. The van der Waals surface area contributed by atoms with Crippen LogP contribution in [0.4, 0.5) is 0 Å². The molecule has 2 rings (SSSR count). The van der Waals surface area contributed by atoms with Crippen molar-refractivity contribution in [3.05, 3.63) is 58.7 Å². The predicted octanol–water partition coefficient (Wildman–Crippen LogP) is 3.93. The average Bonchev–Trinajstić information content (AvgIpc) is 2.52. The van der Waals surface area contributed by atoms with Gasteiger partial charge in [-0.3, -0.25) is 4.79 Å². The molecule has 0 saturated heterocycles. The maximum absolute atomic E-state index is 10.0. The van der Waals surface area contributed by atoms with Crippen molar-refractivity contribution in [3.63, 3.8) is 0 Å². The fourth-order valence-electron chi connectivity index (χ4n) is 1.91. The zero-order valence-electron chi connectivity index (χ0n) is 13.8. The number of aldehydes is 1. The Bertz CT molecular complexity index is 653. The summed E-state index contributed by atoms with van der Waals surface area (Å²) in [4.78, 5) is 10.0. The molecule has 23 heavy (non-hydrogen) atoms. The molecule has 0 aliphatic heterocycles. The summed E-state index contributed by atoms with van der Waals surface area (Å²) in [6, 6.07) is 8.70. The smallest absolute Gasteiger partial charge is 0.160 e. The second kappa shape index (κ2) is 8.63. The van der Waals surface area contributed by atoms with Crippen LogP contribution in [0.3, 0.4) is 0 Å². The van der Waals surface area contributed by atoms with Gasteiger partial charge in [-0.05, 0) is 67.3 Å². The molecule has 0 spiro atoms. The molecule has 2 aromatic carbocycles. The largest absolute Gasteiger partial charge is 0.508 e. The zero-order valence-corrected chi connectivity index (χ0v) is 13.8. The number of ether oxygens (including phenoxy) is 1. The molecule has 0 aromatic heterocycles. The molecule has 4 heteroatoms. The lowest BCUT2D eigenvalue weighted by molar-refractivity contribution is -0.104. The number of allylic oxidation sites excluding steroid dienone is 1. The van der Waals surface area contributed by atoms with Gasteiger partial charge in [-0.1, -0.05) is 18.2 Å². The van der Waals surface area contributed by atoms with Gasteiger partial charge in [0.05, 0.1) is 7.11 Å². The summed E-state index contributed by atoms with van der Waals surface area (Å²) in [5, 5.41) is 18.6. The third-order valence-electron chi connectivity index (χ3n) is 3.38. The molecule has 0 fully saturated rings. The molecule has 4 nitrogen and oxygen atoms in total. The SMILES string of the molecule is COc1ccc(/C=C/C=O)cc1O.Cc1cc(C)c(O)cc1C. The number of carbonyl (C=O) groups is 1. The van der Waals surface area contributed by atoms with Gasteiger partial charge in [0.2, 0.25) is 0 Å². The first-order valence-electron chi connectivity index (χ1n) is 7.14. The summed E-state index contributed by atoms with van der Waals surface area (Å²) in [5.74, 6) is 0.877. The molecule has 2 N–H and O–H groups in total. The fourth-order valence-corrected chi connectivity index (χ4v) is 1.91. The lowest BCUT2D eigenvalue weighted by Gasteiger charge is -2.02. The number of rotatable bonds is 3. The van der Waals surface area contributed by atoms with Crippen molar-refractivity contribution in [2.45, 2.75) is 20.8 Å². The molecule has 0 radical (unpaired) electrons. The number of aryl methyl sites for hydroxylation is 3. The van der Waals surface area contributed by atoms with E-state index < -0.39 is 0 Å². The molecule has 0 aliphatic rings. The Morgan fingerprint density at radius 3 is 2.09 bits per heavy atom. The highest BCUT2D eigenvalue weighted by atomic mass is 16.5. The Labute approximate surface area is 136 Å². The minimum Gasteiger partial charge on any atom is -0.508 e. The van der Waals surface area contributed by atoms with Gasteiger partial charge < -0.3 is 14.9 Å². The lowest BCUT2D eigenvalue weighted by Crippen LogP contribution is -1.83. The van der Waals surface area contributed by atoms with Crippen LogP contribution >= 0.6 is 0 Å². The maximum Gasteiger partial charge on any atom is 0.160 e. The molecule has 0 atom stereocenters. The number of carbonyl (C=O) groups excluding carboxylic acids is 1. The Balaban J connectivity index is 0.000000238. The summed E-state index contributed by atoms with van der Waals surface area (Å²) >= 11 is 0. The number of phenols is 2. The van der Waals surface area contributed by atoms with E-state index in [-0.39, 0.29) is 5.75 Å². The van der Waals surface area contributed by atoms with Crippen molar-refractivity contribution in [1.82, 2.24) is 0 Å². The molecular weight excluding hydrogens is 292 g/mol. The third kappa shape index (κ3) is 5.51. The number of hydrogen-bond donors (Lipinski definition) is 2. The Hall–Kier alpha value is -2.75. The van der Waals surface area contributed by atoms with Crippen LogP contribution in [0, 0.1) is 20.8 Å². The average molecular weight is 314 g/mol. The summed E-state index contributed by atoms with van der Waals surface area (Å²) in [7, 11) is 1.48. The zero-order chi connectivity index (χ0) is 17.4. The minimum atomic E-state index is 0.0653. The van der Waals surface area contributed by atoms with Crippen LogP contribution in [-0.4, -0.2) is 23.6 Å². The van der Waals surface area contributed by atoms with E-state index in [0.29, 0.717) is 17.8 Å². The van der Waals surface area contributed by atoms with E-state index in [9.17, 15) is 15.0 Å². The Morgan fingerprint density at radius 1 is 0.913 bits per heavy atom. The van der Waals surface area contributed by atoms with Crippen molar-refractivity contribution in [2.24, 2.45) is 0 Å². The molecule has 0 heterocycles. The van der Waals surface area contributed by atoms with E-state index in [4.69, 9.17) is 4.74 Å². The highest BCUT2D eigenvalue weighted by Gasteiger charge is 1.99.